The van der Waals surface area contributed by atoms with E-state index < -0.39 is 5.91 Å². The van der Waals surface area contributed by atoms with Crippen molar-refractivity contribution in [2.75, 3.05) is 12.4 Å². The van der Waals surface area contributed by atoms with Crippen molar-refractivity contribution < 1.29 is 18.7 Å². The normalized spacial score (nSPS) is 10.3. The van der Waals surface area contributed by atoms with Crippen molar-refractivity contribution in [3.05, 3.63) is 90.0 Å². The molecule has 154 valence electrons. The van der Waals surface area contributed by atoms with Gasteiger partial charge in [0.15, 0.2) is 23.1 Å². The van der Waals surface area contributed by atoms with Gasteiger partial charge in [0.25, 0.3) is 5.91 Å². The number of nitrogens with one attached hydrogen (secondary N) is 1. The lowest BCUT2D eigenvalue weighted by Crippen LogP contribution is -2.15. The Labute approximate surface area is 178 Å². The van der Waals surface area contributed by atoms with Gasteiger partial charge in [0.05, 0.1) is 19.0 Å². The summed E-state index contributed by atoms with van der Waals surface area (Å²) in [6.07, 6.45) is 1.40. The third kappa shape index (κ3) is 4.26. The molecule has 2 heterocycles. The van der Waals surface area contributed by atoms with Crippen LogP contribution in [0.25, 0.3) is 5.69 Å². The lowest BCUT2D eigenvalue weighted by Gasteiger charge is -2.09. The van der Waals surface area contributed by atoms with E-state index in [1.165, 1.54) is 10.9 Å². The van der Waals surface area contributed by atoms with Crippen LogP contribution >= 0.6 is 0 Å². The van der Waals surface area contributed by atoms with Gasteiger partial charge in [-0.15, -0.1) is 0 Å². The zero-order valence-corrected chi connectivity index (χ0v) is 16.6. The summed E-state index contributed by atoms with van der Waals surface area (Å²) in [7, 11) is 1.56. The molecule has 0 aliphatic heterocycles. The second-order valence-corrected chi connectivity index (χ2v) is 6.43. The summed E-state index contributed by atoms with van der Waals surface area (Å²) in [5, 5.41) is 16.3. The number of methoxy groups -OCH3 is 1. The van der Waals surface area contributed by atoms with E-state index in [4.69, 9.17) is 13.9 Å². The predicted octanol–water partition coefficient (Wildman–Crippen LogP) is 4.18. The SMILES string of the molecule is COc1ccccc1OCc1ccc(C(=O)Nc2c(C#N)cnn2-c2ccccc2)o1. The van der Waals surface area contributed by atoms with Crippen LogP contribution in [0.1, 0.15) is 21.9 Å². The lowest BCUT2D eigenvalue weighted by molar-refractivity contribution is 0.0991. The molecule has 0 spiro atoms. The van der Waals surface area contributed by atoms with E-state index in [2.05, 4.69) is 10.4 Å². The maximum absolute atomic E-state index is 12.7. The second-order valence-electron chi connectivity index (χ2n) is 6.43. The number of carbonyl (C=O) groups is 1. The summed E-state index contributed by atoms with van der Waals surface area (Å²) in [5.41, 5.74) is 0.952. The molecule has 4 rings (SSSR count). The number of nitrogens with zero attached hydrogens (tertiary/aromatic N) is 3. The molecule has 0 aliphatic carbocycles. The average Bonchev–Trinajstić information content (AvgIpc) is 3.45. The molecule has 0 unspecified atom stereocenters. The highest BCUT2D eigenvalue weighted by molar-refractivity contribution is 6.02. The van der Waals surface area contributed by atoms with Crippen molar-refractivity contribution in [3.63, 3.8) is 0 Å². The number of anilines is 1. The fourth-order valence-electron chi connectivity index (χ4n) is 2.95. The van der Waals surface area contributed by atoms with Crippen LogP contribution in [0.15, 0.2) is 77.3 Å². The fraction of sp³-hybridized carbons (Fsp3) is 0.0870. The van der Waals surface area contributed by atoms with Crippen molar-refractivity contribution in [2.45, 2.75) is 6.61 Å². The molecule has 0 saturated heterocycles. The molecule has 2 aromatic heterocycles. The molecule has 0 aliphatic rings. The zero-order valence-electron chi connectivity index (χ0n) is 16.6. The Kier molecular flexibility index (Phi) is 5.67. The Morgan fingerprint density at radius 3 is 2.58 bits per heavy atom. The predicted molar refractivity (Wildman–Crippen MR) is 112 cm³/mol. The molecule has 4 aromatic rings. The average molecular weight is 414 g/mol. The van der Waals surface area contributed by atoms with Gasteiger partial charge >= 0.3 is 0 Å². The van der Waals surface area contributed by atoms with Gasteiger partial charge in [0.1, 0.15) is 24.0 Å². The van der Waals surface area contributed by atoms with E-state index in [0.717, 1.165) is 0 Å². The van der Waals surface area contributed by atoms with E-state index >= 15 is 0 Å². The fourth-order valence-corrected chi connectivity index (χ4v) is 2.95. The van der Waals surface area contributed by atoms with E-state index in [-0.39, 0.29) is 23.7 Å². The van der Waals surface area contributed by atoms with Gasteiger partial charge in [0.2, 0.25) is 0 Å². The Balaban J connectivity index is 1.49. The number of hydrogen-bond acceptors (Lipinski definition) is 6. The monoisotopic (exact) mass is 414 g/mol. The second kappa shape index (κ2) is 8.88. The Bertz CT molecular complexity index is 1240. The van der Waals surface area contributed by atoms with Gasteiger partial charge < -0.3 is 19.2 Å². The smallest absolute Gasteiger partial charge is 0.292 e. The standard InChI is InChI=1S/C23H18N4O4/c1-29-19-9-5-6-10-20(19)30-15-18-11-12-21(31-18)23(28)26-22-16(13-24)14-25-27(22)17-7-3-2-4-8-17/h2-12,14H,15H2,1H3,(H,26,28). The van der Waals surface area contributed by atoms with E-state index in [1.54, 1.807) is 31.4 Å². The Morgan fingerprint density at radius 2 is 1.84 bits per heavy atom. The molecule has 8 heteroatoms. The van der Waals surface area contributed by atoms with E-state index in [0.29, 0.717) is 22.9 Å². The van der Waals surface area contributed by atoms with Crippen molar-refractivity contribution in [3.8, 4) is 23.3 Å². The first kappa shape index (κ1) is 19.8. The summed E-state index contributed by atoms with van der Waals surface area (Å²) in [6.45, 7) is 0.124. The quantitative estimate of drug-likeness (QED) is 0.487. The molecule has 1 N–H and O–H groups in total. The van der Waals surface area contributed by atoms with Gasteiger partial charge in [-0.2, -0.15) is 10.4 Å². The van der Waals surface area contributed by atoms with E-state index in [9.17, 15) is 10.1 Å². The molecule has 0 bridgehead atoms. The van der Waals surface area contributed by atoms with Crippen LogP contribution in [0, 0.1) is 11.3 Å². The van der Waals surface area contributed by atoms with Crippen LogP contribution < -0.4 is 14.8 Å². The van der Waals surface area contributed by atoms with Crippen LogP contribution in [0.4, 0.5) is 5.82 Å². The highest BCUT2D eigenvalue weighted by Gasteiger charge is 2.18. The van der Waals surface area contributed by atoms with Gasteiger partial charge in [-0.1, -0.05) is 30.3 Å². The number of aromatic nitrogens is 2. The maximum atomic E-state index is 12.7. The molecule has 0 atom stereocenters. The summed E-state index contributed by atoms with van der Waals surface area (Å²) in [6, 6.07) is 21.7. The zero-order chi connectivity index (χ0) is 21.6. The number of hydrogen-bond donors (Lipinski definition) is 1. The first-order chi connectivity index (χ1) is 15.2. The summed E-state index contributed by atoms with van der Waals surface area (Å²) in [5.74, 6) is 1.49. The first-order valence-electron chi connectivity index (χ1n) is 9.39. The molecule has 0 fully saturated rings. The summed E-state index contributed by atoms with van der Waals surface area (Å²) >= 11 is 0. The minimum Gasteiger partial charge on any atom is -0.493 e. The number of para-hydroxylation sites is 3. The minimum absolute atomic E-state index is 0.0864. The number of carbonyl (C=O) groups excluding carboxylic acids is 1. The van der Waals surface area contributed by atoms with Crippen LogP contribution in [0.2, 0.25) is 0 Å². The highest BCUT2D eigenvalue weighted by Crippen LogP contribution is 2.27. The summed E-state index contributed by atoms with van der Waals surface area (Å²) in [4.78, 5) is 12.7. The van der Waals surface area contributed by atoms with Gasteiger partial charge in [0, 0.05) is 0 Å². The van der Waals surface area contributed by atoms with Crippen molar-refractivity contribution in [1.29, 1.82) is 5.26 Å². The summed E-state index contributed by atoms with van der Waals surface area (Å²) < 4.78 is 18.1. The Hall–Kier alpha value is -4.51. The molecule has 31 heavy (non-hydrogen) atoms. The molecular weight excluding hydrogens is 396 g/mol. The maximum Gasteiger partial charge on any atom is 0.292 e. The van der Waals surface area contributed by atoms with Crippen LogP contribution in [-0.4, -0.2) is 22.8 Å². The molecular formula is C23H18N4O4. The van der Waals surface area contributed by atoms with Crippen molar-refractivity contribution in [1.82, 2.24) is 9.78 Å². The van der Waals surface area contributed by atoms with Gasteiger partial charge in [-0.05, 0) is 36.4 Å². The molecule has 2 aromatic carbocycles. The third-order valence-corrected chi connectivity index (χ3v) is 4.45. The third-order valence-electron chi connectivity index (χ3n) is 4.45. The Morgan fingerprint density at radius 1 is 1.10 bits per heavy atom. The lowest BCUT2D eigenvalue weighted by atomic mass is 10.3. The number of nitriles is 1. The number of ether oxygens (including phenoxy) is 2. The molecule has 0 radical (unpaired) electrons. The molecule has 0 saturated carbocycles. The van der Waals surface area contributed by atoms with Crippen LogP contribution in [-0.2, 0) is 6.61 Å². The number of furan rings is 1. The highest BCUT2D eigenvalue weighted by atomic mass is 16.5. The van der Waals surface area contributed by atoms with E-state index in [1.807, 2.05) is 48.5 Å². The first-order valence-corrected chi connectivity index (χ1v) is 9.39. The van der Waals surface area contributed by atoms with Gasteiger partial charge in [-0.3, -0.25) is 4.79 Å². The van der Waals surface area contributed by atoms with Crippen molar-refractivity contribution >= 4 is 11.7 Å². The van der Waals surface area contributed by atoms with Crippen LogP contribution in [0.3, 0.4) is 0 Å². The largest absolute Gasteiger partial charge is 0.493 e. The number of amides is 1. The number of rotatable bonds is 7. The topological polar surface area (TPSA) is 102 Å². The van der Waals surface area contributed by atoms with Gasteiger partial charge in [-0.25, -0.2) is 4.68 Å². The van der Waals surface area contributed by atoms with Crippen LogP contribution in [0.5, 0.6) is 11.5 Å². The molecule has 1 amide bonds. The van der Waals surface area contributed by atoms with Crippen molar-refractivity contribution in [2.24, 2.45) is 0 Å². The minimum atomic E-state index is -0.502. The number of benzene rings is 2. The molecule has 8 nitrogen and oxygen atoms in total.